The highest BCUT2D eigenvalue weighted by molar-refractivity contribution is 6.06. The molecule has 1 aromatic carbocycles. The van der Waals surface area contributed by atoms with Gasteiger partial charge in [-0.25, -0.2) is 13.8 Å². The lowest BCUT2D eigenvalue weighted by molar-refractivity contribution is -0.142. The second kappa shape index (κ2) is 6.56. The number of halogens is 4. The molecule has 9 heteroatoms. The molecular formula is C17H14F4N2O3. The maximum absolute atomic E-state index is 14.5. The molecule has 1 amide bonds. The zero-order chi connectivity index (χ0) is 19.1. The van der Waals surface area contributed by atoms with Gasteiger partial charge >= 0.3 is 11.8 Å². The number of amides is 1. The summed E-state index contributed by atoms with van der Waals surface area (Å²) in [5.74, 6) is -5.24. The van der Waals surface area contributed by atoms with Crippen molar-refractivity contribution in [3.63, 3.8) is 0 Å². The Morgan fingerprint density at radius 2 is 2.00 bits per heavy atom. The molecule has 2 heterocycles. The number of carbonyl (C=O) groups excluding carboxylic acids is 1. The first-order valence-corrected chi connectivity index (χ1v) is 7.55. The molecule has 0 bridgehead atoms. The third-order valence-corrected chi connectivity index (χ3v) is 4.10. The van der Waals surface area contributed by atoms with E-state index in [0.717, 1.165) is 11.0 Å². The van der Waals surface area contributed by atoms with Gasteiger partial charge in [0.1, 0.15) is 6.10 Å². The number of ether oxygens (including phenoxy) is 1. The number of fused-ring (bicyclic) bond motifs is 1. The van der Waals surface area contributed by atoms with Crippen LogP contribution in [0.3, 0.4) is 0 Å². The van der Waals surface area contributed by atoms with Gasteiger partial charge in [-0.1, -0.05) is 18.2 Å². The van der Waals surface area contributed by atoms with E-state index >= 15 is 0 Å². The van der Waals surface area contributed by atoms with Crippen LogP contribution in [0.25, 0.3) is 0 Å². The third-order valence-electron chi connectivity index (χ3n) is 4.10. The normalized spacial score (nSPS) is 16.7. The lowest BCUT2D eigenvalue weighted by atomic mass is 9.98. The van der Waals surface area contributed by atoms with Crippen LogP contribution in [0, 0.1) is 0 Å². The number of alkyl halides is 4. The standard InChI is InChI=1S/C17H14F4N2O3/c1-26-12-6-5-9(7-22-12)8-23-11-4-2-3-10(14(24)15(18)19)13(11)17(20,21)16(23)25/h2-7,14-15,24H,8H2,1H3. The average molecular weight is 370 g/mol. The Morgan fingerprint density at radius 1 is 1.27 bits per heavy atom. The van der Waals surface area contributed by atoms with Gasteiger partial charge in [-0.3, -0.25) is 4.79 Å². The Bertz CT molecular complexity index is 827. The second-order valence-corrected chi connectivity index (χ2v) is 5.70. The van der Waals surface area contributed by atoms with Crippen LogP contribution >= 0.6 is 0 Å². The second-order valence-electron chi connectivity index (χ2n) is 5.70. The first-order chi connectivity index (χ1) is 12.3. The summed E-state index contributed by atoms with van der Waals surface area (Å²) in [6.45, 7) is -0.230. The number of benzene rings is 1. The van der Waals surface area contributed by atoms with Crippen LogP contribution in [0.1, 0.15) is 22.8 Å². The predicted molar refractivity (Wildman–Crippen MR) is 83.3 cm³/mol. The maximum Gasteiger partial charge on any atom is 0.352 e. The summed E-state index contributed by atoms with van der Waals surface area (Å²) < 4.78 is 59.6. The summed E-state index contributed by atoms with van der Waals surface area (Å²) in [7, 11) is 1.42. The summed E-state index contributed by atoms with van der Waals surface area (Å²) in [5, 5.41) is 9.58. The van der Waals surface area contributed by atoms with Crippen molar-refractivity contribution in [3.05, 3.63) is 53.2 Å². The van der Waals surface area contributed by atoms with Crippen molar-refractivity contribution >= 4 is 11.6 Å². The van der Waals surface area contributed by atoms with Gasteiger partial charge in [-0.15, -0.1) is 0 Å². The minimum Gasteiger partial charge on any atom is -0.481 e. The van der Waals surface area contributed by atoms with Gasteiger partial charge in [-0.2, -0.15) is 8.78 Å². The van der Waals surface area contributed by atoms with Crippen molar-refractivity contribution in [2.75, 3.05) is 12.0 Å². The molecule has 1 unspecified atom stereocenters. The van der Waals surface area contributed by atoms with Crippen molar-refractivity contribution in [2.45, 2.75) is 25.0 Å². The van der Waals surface area contributed by atoms with E-state index in [0.29, 0.717) is 11.4 Å². The highest BCUT2D eigenvalue weighted by Gasteiger charge is 2.55. The van der Waals surface area contributed by atoms with E-state index < -0.39 is 35.5 Å². The van der Waals surface area contributed by atoms with Gasteiger partial charge in [0.2, 0.25) is 5.88 Å². The van der Waals surface area contributed by atoms with E-state index in [-0.39, 0.29) is 12.2 Å². The van der Waals surface area contributed by atoms with E-state index in [1.54, 1.807) is 6.07 Å². The molecule has 0 fully saturated rings. The summed E-state index contributed by atoms with van der Waals surface area (Å²) in [4.78, 5) is 16.9. The average Bonchev–Trinajstić information content (AvgIpc) is 2.82. The van der Waals surface area contributed by atoms with Gasteiger partial charge in [0, 0.05) is 12.3 Å². The number of methoxy groups -OCH3 is 1. The minimum absolute atomic E-state index is 0.215. The monoisotopic (exact) mass is 370 g/mol. The first-order valence-electron chi connectivity index (χ1n) is 7.55. The molecule has 5 nitrogen and oxygen atoms in total. The number of anilines is 1. The Labute approximate surface area is 145 Å². The quantitative estimate of drug-likeness (QED) is 0.822. The number of aromatic nitrogens is 1. The van der Waals surface area contributed by atoms with Crippen LogP contribution in [0.4, 0.5) is 23.2 Å². The molecule has 1 atom stereocenters. The van der Waals surface area contributed by atoms with Crippen LogP contribution in [0.2, 0.25) is 0 Å². The third kappa shape index (κ3) is 2.88. The summed E-state index contributed by atoms with van der Waals surface area (Å²) in [6.07, 6.45) is -4.31. The topological polar surface area (TPSA) is 62.7 Å². The van der Waals surface area contributed by atoms with Crippen molar-refractivity contribution in [1.82, 2.24) is 4.98 Å². The van der Waals surface area contributed by atoms with E-state index in [1.165, 1.54) is 31.5 Å². The fourth-order valence-electron chi connectivity index (χ4n) is 2.86. The molecule has 0 aliphatic carbocycles. The fraction of sp³-hybridized carbons (Fsp3) is 0.294. The molecule has 1 aromatic heterocycles. The Morgan fingerprint density at radius 3 is 2.58 bits per heavy atom. The van der Waals surface area contributed by atoms with Crippen molar-refractivity contribution in [1.29, 1.82) is 0 Å². The SMILES string of the molecule is COc1ccc(CN2C(=O)C(F)(F)c3c(C(O)C(F)F)cccc32)cn1. The van der Waals surface area contributed by atoms with Crippen LogP contribution in [0.5, 0.6) is 5.88 Å². The van der Waals surface area contributed by atoms with E-state index in [9.17, 15) is 27.5 Å². The molecule has 1 aliphatic heterocycles. The van der Waals surface area contributed by atoms with Gasteiger partial charge in [0.15, 0.2) is 0 Å². The van der Waals surface area contributed by atoms with Crippen LogP contribution in [-0.2, 0) is 17.3 Å². The smallest absolute Gasteiger partial charge is 0.352 e. The molecule has 1 N–H and O–H groups in total. The van der Waals surface area contributed by atoms with E-state index in [1.807, 2.05) is 0 Å². The maximum atomic E-state index is 14.5. The molecule has 0 saturated carbocycles. The molecule has 1 aliphatic rings. The molecule has 0 radical (unpaired) electrons. The Hall–Kier alpha value is -2.68. The molecule has 3 rings (SSSR count). The lowest BCUT2D eigenvalue weighted by Crippen LogP contribution is -2.34. The zero-order valence-corrected chi connectivity index (χ0v) is 13.5. The molecule has 26 heavy (non-hydrogen) atoms. The lowest BCUT2D eigenvalue weighted by Gasteiger charge is -2.18. The first kappa shape index (κ1) is 18.1. The number of hydrogen-bond acceptors (Lipinski definition) is 4. The number of aliphatic hydroxyl groups is 1. The number of rotatable bonds is 5. The predicted octanol–water partition coefficient (Wildman–Crippen LogP) is 3.03. The molecule has 2 aromatic rings. The van der Waals surface area contributed by atoms with Crippen molar-refractivity contribution in [2.24, 2.45) is 0 Å². The fourth-order valence-corrected chi connectivity index (χ4v) is 2.86. The minimum atomic E-state index is -4.01. The van der Waals surface area contributed by atoms with Crippen LogP contribution in [-0.4, -0.2) is 29.5 Å². The van der Waals surface area contributed by atoms with Crippen molar-refractivity contribution < 1.29 is 32.2 Å². The van der Waals surface area contributed by atoms with E-state index in [4.69, 9.17) is 4.74 Å². The number of carbonyl (C=O) groups is 1. The molecule has 0 spiro atoms. The van der Waals surface area contributed by atoms with Gasteiger partial charge in [-0.05, 0) is 17.2 Å². The summed E-state index contributed by atoms with van der Waals surface area (Å²) in [6, 6.07) is 6.49. The molecular weight excluding hydrogens is 356 g/mol. The highest BCUT2D eigenvalue weighted by atomic mass is 19.3. The molecule has 138 valence electrons. The van der Waals surface area contributed by atoms with Gasteiger partial charge in [0.05, 0.1) is 24.9 Å². The molecule has 0 saturated heterocycles. The number of nitrogens with zero attached hydrogens (tertiary/aromatic N) is 2. The number of aliphatic hydroxyl groups excluding tert-OH is 1. The summed E-state index contributed by atoms with van der Waals surface area (Å²) >= 11 is 0. The highest BCUT2D eigenvalue weighted by Crippen LogP contribution is 2.48. The largest absolute Gasteiger partial charge is 0.481 e. The summed E-state index contributed by atoms with van der Waals surface area (Å²) in [5.41, 5.74) is -1.32. The van der Waals surface area contributed by atoms with Crippen LogP contribution < -0.4 is 9.64 Å². The van der Waals surface area contributed by atoms with Crippen LogP contribution in [0.15, 0.2) is 36.5 Å². The Balaban J connectivity index is 2.03. The Kier molecular flexibility index (Phi) is 4.57. The number of pyridine rings is 1. The number of hydrogen-bond donors (Lipinski definition) is 1. The van der Waals surface area contributed by atoms with E-state index in [2.05, 4.69) is 4.98 Å². The van der Waals surface area contributed by atoms with Crippen molar-refractivity contribution in [3.8, 4) is 5.88 Å². The van der Waals surface area contributed by atoms with Gasteiger partial charge in [0.25, 0.3) is 6.43 Å². The van der Waals surface area contributed by atoms with Gasteiger partial charge < -0.3 is 14.7 Å². The zero-order valence-electron chi connectivity index (χ0n) is 13.5.